The fourth-order valence-electron chi connectivity index (χ4n) is 3.91. The van der Waals surface area contributed by atoms with Crippen LogP contribution in [-0.4, -0.2) is 18.3 Å². The largest absolute Gasteiger partial charge is 0.497 e. The molecule has 174 valence electrons. The highest BCUT2D eigenvalue weighted by atomic mass is 19.4. The highest BCUT2D eigenvalue weighted by Gasteiger charge is 2.29. The van der Waals surface area contributed by atoms with Crippen LogP contribution in [-0.2, 0) is 6.18 Å². The number of pyridine rings is 1. The third-order valence-electron chi connectivity index (χ3n) is 5.73. The Hall–Kier alpha value is -4.39. The number of alkyl halides is 3. The molecule has 7 heteroatoms. The lowest BCUT2D eigenvalue weighted by molar-refractivity contribution is -0.137. The molecule has 5 rings (SSSR count). The van der Waals surface area contributed by atoms with Gasteiger partial charge in [-0.2, -0.15) is 18.3 Å². The Kier molecular flexibility index (Phi) is 5.82. The Morgan fingerprint density at radius 3 is 2.31 bits per heavy atom. The number of hydrogen-bond acceptors (Lipinski definition) is 4. The van der Waals surface area contributed by atoms with E-state index in [4.69, 9.17) is 9.72 Å². The van der Waals surface area contributed by atoms with Crippen LogP contribution in [0.5, 0.6) is 5.75 Å². The lowest BCUT2D eigenvalue weighted by atomic mass is 10.0. The first-order valence-electron chi connectivity index (χ1n) is 10.9. The number of hydrazone groups is 1. The number of benzene rings is 4. The summed E-state index contributed by atoms with van der Waals surface area (Å²) >= 11 is 0. The highest BCUT2D eigenvalue weighted by Crippen LogP contribution is 2.31. The zero-order chi connectivity index (χ0) is 24.4. The zero-order valence-electron chi connectivity index (χ0n) is 18.7. The number of halogens is 3. The lowest BCUT2D eigenvalue weighted by Gasteiger charge is -2.10. The molecule has 0 radical (unpaired) electrons. The maximum Gasteiger partial charge on any atom is 0.416 e. The van der Waals surface area contributed by atoms with Gasteiger partial charge in [-0.25, -0.2) is 4.98 Å². The molecule has 4 aromatic carbocycles. The molecule has 35 heavy (non-hydrogen) atoms. The fourth-order valence-corrected chi connectivity index (χ4v) is 3.91. The Balaban J connectivity index is 1.55. The van der Waals surface area contributed by atoms with E-state index in [2.05, 4.69) is 10.5 Å². The van der Waals surface area contributed by atoms with E-state index in [0.717, 1.165) is 56.4 Å². The van der Waals surface area contributed by atoms with Gasteiger partial charge in [-0.1, -0.05) is 36.4 Å². The standard InChI is InChI=1S/C28H20F3N3O/c1-35-23-13-6-19(7-14-23)26-16-20(17-32-34-22-11-9-21(10-12-22)28(29,30)31)25-15-8-18-4-2-3-5-24(18)27(25)33-26/h2-17,34H,1H3. The summed E-state index contributed by atoms with van der Waals surface area (Å²) in [4.78, 5) is 4.96. The molecular weight excluding hydrogens is 451 g/mol. The molecule has 0 aliphatic rings. The minimum Gasteiger partial charge on any atom is -0.497 e. The molecule has 0 saturated carbocycles. The van der Waals surface area contributed by atoms with Crippen LogP contribution >= 0.6 is 0 Å². The van der Waals surface area contributed by atoms with E-state index in [-0.39, 0.29) is 0 Å². The van der Waals surface area contributed by atoms with E-state index in [1.165, 1.54) is 12.1 Å². The summed E-state index contributed by atoms with van der Waals surface area (Å²) in [7, 11) is 1.62. The summed E-state index contributed by atoms with van der Waals surface area (Å²) in [5.41, 5.74) is 5.92. The van der Waals surface area contributed by atoms with Gasteiger partial charge in [-0.15, -0.1) is 0 Å². The average molecular weight is 471 g/mol. The molecule has 0 aliphatic heterocycles. The summed E-state index contributed by atoms with van der Waals surface area (Å²) in [6.07, 6.45) is -2.72. The SMILES string of the molecule is COc1ccc(-c2cc(C=NNc3ccc(C(F)(F)F)cc3)c3ccc4ccccc4c3n2)cc1. The Bertz CT molecular complexity index is 1530. The van der Waals surface area contributed by atoms with Crippen molar-refractivity contribution < 1.29 is 17.9 Å². The van der Waals surface area contributed by atoms with Crippen molar-refractivity contribution in [3.05, 3.63) is 102 Å². The number of fused-ring (bicyclic) bond motifs is 3. The number of nitrogens with zero attached hydrogens (tertiary/aromatic N) is 2. The molecule has 0 bridgehead atoms. The molecule has 0 atom stereocenters. The summed E-state index contributed by atoms with van der Waals surface area (Å²) in [5.74, 6) is 0.752. The van der Waals surface area contributed by atoms with Gasteiger partial charge in [0.2, 0.25) is 0 Å². The number of ether oxygens (including phenoxy) is 1. The Morgan fingerprint density at radius 2 is 1.60 bits per heavy atom. The number of rotatable bonds is 5. The molecule has 0 amide bonds. The third-order valence-corrected chi connectivity index (χ3v) is 5.73. The number of nitrogens with one attached hydrogen (secondary N) is 1. The highest BCUT2D eigenvalue weighted by molar-refractivity contribution is 6.11. The van der Waals surface area contributed by atoms with Crippen LogP contribution in [0, 0.1) is 0 Å². The second kappa shape index (κ2) is 9.10. The van der Waals surface area contributed by atoms with Gasteiger partial charge in [0.25, 0.3) is 0 Å². The summed E-state index contributed by atoms with van der Waals surface area (Å²) < 4.78 is 43.7. The molecule has 0 spiro atoms. The monoisotopic (exact) mass is 471 g/mol. The van der Waals surface area contributed by atoms with Gasteiger partial charge in [0.15, 0.2) is 0 Å². The number of methoxy groups -OCH3 is 1. The van der Waals surface area contributed by atoms with Crippen LogP contribution < -0.4 is 10.2 Å². The summed E-state index contributed by atoms with van der Waals surface area (Å²) in [5, 5.41) is 7.30. The third kappa shape index (κ3) is 4.66. The van der Waals surface area contributed by atoms with Crippen LogP contribution in [0.1, 0.15) is 11.1 Å². The molecule has 1 aromatic heterocycles. The quantitative estimate of drug-likeness (QED) is 0.164. The van der Waals surface area contributed by atoms with E-state index in [0.29, 0.717) is 5.69 Å². The molecule has 4 nitrogen and oxygen atoms in total. The van der Waals surface area contributed by atoms with E-state index in [1.807, 2.05) is 66.7 Å². The number of hydrogen-bond donors (Lipinski definition) is 1. The molecule has 0 saturated heterocycles. The van der Waals surface area contributed by atoms with Gasteiger partial charge in [0.05, 0.1) is 35.8 Å². The molecule has 1 N–H and O–H groups in total. The van der Waals surface area contributed by atoms with E-state index < -0.39 is 11.7 Å². The van der Waals surface area contributed by atoms with Gasteiger partial charge in [0, 0.05) is 21.9 Å². The van der Waals surface area contributed by atoms with E-state index in [9.17, 15) is 13.2 Å². The van der Waals surface area contributed by atoms with E-state index >= 15 is 0 Å². The van der Waals surface area contributed by atoms with Crippen molar-refractivity contribution in [3.63, 3.8) is 0 Å². The van der Waals surface area contributed by atoms with Gasteiger partial charge in [-0.3, -0.25) is 5.43 Å². The zero-order valence-corrected chi connectivity index (χ0v) is 18.7. The lowest BCUT2D eigenvalue weighted by Crippen LogP contribution is -2.04. The smallest absolute Gasteiger partial charge is 0.416 e. The molecule has 0 fully saturated rings. The van der Waals surface area contributed by atoms with Crippen molar-refractivity contribution in [1.82, 2.24) is 4.98 Å². The Labute approximate surface area is 199 Å². The van der Waals surface area contributed by atoms with Crippen LogP contribution in [0.15, 0.2) is 96.1 Å². The van der Waals surface area contributed by atoms with Crippen molar-refractivity contribution >= 4 is 33.6 Å². The second-order valence-electron chi connectivity index (χ2n) is 7.95. The first-order chi connectivity index (χ1) is 16.9. The maximum atomic E-state index is 12.8. The fraction of sp³-hybridized carbons (Fsp3) is 0.0714. The summed E-state index contributed by atoms with van der Waals surface area (Å²) in [6.45, 7) is 0. The van der Waals surface area contributed by atoms with Gasteiger partial charge in [-0.05, 0) is 60.0 Å². The van der Waals surface area contributed by atoms with Crippen molar-refractivity contribution in [3.8, 4) is 17.0 Å². The molecule has 1 heterocycles. The normalized spacial score (nSPS) is 11.9. The van der Waals surface area contributed by atoms with Crippen molar-refractivity contribution in [1.29, 1.82) is 0 Å². The minimum absolute atomic E-state index is 0.452. The van der Waals surface area contributed by atoms with Crippen molar-refractivity contribution in [2.24, 2.45) is 5.10 Å². The molecule has 5 aromatic rings. The topological polar surface area (TPSA) is 46.5 Å². The molecular formula is C28H20F3N3O. The van der Waals surface area contributed by atoms with E-state index in [1.54, 1.807) is 13.3 Å². The Morgan fingerprint density at radius 1 is 0.857 bits per heavy atom. The number of aromatic nitrogens is 1. The maximum absolute atomic E-state index is 12.8. The molecule has 0 aliphatic carbocycles. The molecule has 0 unspecified atom stereocenters. The van der Waals surface area contributed by atoms with Gasteiger partial charge in [0.1, 0.15) is 5.75 Å². The predicted octanol–water partition coefficient (Wildman–Crippen LogP) is 7.53. The summed E-state index contributed by atoms with van der Waals surface area (Å²) in [6, 6.07) is 26.4. The van der Waals surface area contributed by atoms with Gasteiger partial charge < -0.3 is 4.74 Å². The predicted molar refractivity (Wildman–Crippen MR) is 134 cm³/mol. The first kappa shape index (κ1) is 22.4. The average Bonchev–Trinajstić information content (AvgIpc) is 2.88. The van der Waals surface area contributed by atoms with Crippen LogP contribution in [0.3, 0.4) is 0 Å². The van der Waals surface area contributed by atoms with Crippen LogP contribution in [0.25, 0.3) is 32.9 Å². The van der Waals surface area contributed by atoms with Crippen molar-refractivity contribution in [2.45, 2.75) is 6.18 Å². The van der Waals surface area contributed by atoms with Crippen LogP contribution in [0.4, 0.5) is 18.9 Å². The minimum atomic E-state index is -4.38. The second-order valence-corrected chi connectivity index (χ2v) is 7.95. The van der Waals surface area contributed by atoms with Gasteiger partial charge >= 0.3 is 6.18 Å². The van der Waals surface area contributed by atoms with Crippen LogP contribution in [0.2, 0.25) is 0 Å². The van der Waals surface area contributed by atoms with Crippen molar-refractivity contribution in [2.75, 3.05) is 12.5 Å². The first-order valence-corrected chi connectivity index (χ1v) is 10.9. The number of anilines is 1.